The average Bonchev–Trinajstić information content (AvgIpc) is 2.51. The van der Waals surface area contributed by atoms with Gasteiger partial charge >= 0.3 is 0 Å². The molecule has 0 aromatic heterocycles. The van der Waals surface area contributed by atoms with E-state index in [1.54, 1.807) is 0 Å². The summed E-state index contributed by atoms with van der Waals surface area (Å²) in [5, 5.41) is 8.76. The van der Waals surface area contributed by atoms with Gasteiger partial charge in [-0.2, -0.15) is 0 Å². The molecule has 1 heterocycles. The number of fused-ring (bicyclic) bond motifs is 1. The highest BCUT2D eigenvalue weighted by Gasteiger charge is 2.55. The van der Waals surface area contributed by atoms with Crippen LogP contribution < -0.4 is 0 Å². The van der Waals surface area contributed by atoms with Crippen LogP contribution in [0.15, 0.2) is 0 Å². The van der Waals surface area contributed by atoms with Crippen LogP contribution >= 0.6 is 0 Å². The van der Waals surface area contributed by atoms with Crippen molar-refractivity contribution in [3.63, 3.8) is 0 Å². The van der Waals surface area contributed by atoms with E-state index >= 15 is 0 Å². The second kappa shape index (κ2) is 3.00. The number of piperidine rings is 1. The van der Waals surface area contributed by atoms with Gasteiger partial charge in [0.05, 0.1) is 6.61 Å². The first-order valence-electron chi connectivity index (χ1n) is 5.07. The third-order valence-corrected chi connectivity index (χ3v) is 3.52. The van der Waals surface area contributed by atoms with Crippen LogP contribution in [0, 0.1) is 23.7 Å². The highest BCUT2D eigenvalue weighted by Crippen LogP contribution is 2.55. The topological polar surface area (TPSA) is 23.5 Å². The summed E-state index contributed by atoms with van der Waals surface area (Å²) in [6.07, 6.45) is 0. The van der Waals surface area contributed by atoms with Gasteiger partial charge in [0, 0.05) is 19.6 Å². The summed E-state index contributed by atoms with van der Waals surface area (Å²) in [5.74, 6) is 3.81. The van der Waals surface area contributed by atoms with Crippen molar-refractivity contribution in [2.45, 2.75) is 13.8 Å². The van der Waals surface area contributed by atoms with Gasteiger partial charge in [-0.25, -0.2) is 0 Å². The van der Waals surface area contributed by atoms with E-state index in [2.05, 4.69) is 18.7 Å². The molecule has 1 saturated carbocycles. The van der Waals surface area contributed by atoms with Gasteiger partial charge in [-0.1, -0.05) is 13.8 Å². The number of hydrogen-bond acceptors (Lipinski definition) is 2. The Balaban J connectivity index is 1.78. The number of aliphatic hydroxyl groups is 1. The second-order valence-corrected chi connectivity index (χ2v) is 4.63. The van der Waals surface area contributed by atoms with Crippen LogP contribution in [-0.2, 0) is 0 Å². The molecule has 0 radical (unpaired) electrons. The molecule has 0 bridgehead atoms. The lowest BCUT2D eigenvalue weighted by Crippen LogP contribution is -2.28. The van der Waals surface area contributed by atoms with E-state index in [1.165, 1.54) is 13.1 Å². The van der Waals surface area contributed by atoms with Crippen molar-refractivity contribution in [1.29, 1.82) is 0 Å². The van der Waals surface area contributed by atoms with Gasteiger partial charge in [0.25, 0.3) is 0 Å². The van der Waals surface area contributed by atoms with E-state index in [0.29, 0.717) is 6.61 Å². The molecule has 0 spiro atoms. The van der Waals surface area contributed by atoms with Crippen molar-refractivity contribution in [3.05, 3.63) is 0 Å². The van der Waals surface area contributed by atoms with Gasteiger partial charge in [0.2, 0.25) is 0 Å². The lowest BCUT2D eigenvalue weighted by molar-refractivity contribution is 0.197. The Morgan fingerprint density at radius 1 is 1.33 bits per heavy atom. The van der Waals surface area contributed by atoms with Gasteiger partial charge in [0.15, 0.2) is 0 Å². The molecule has 0 amide bonds. The third-order valence-electron chi connectivity index (χ3n) is 3.52. The van der Waals surface area contributed by atoms with Crippen LogP contribution in [0.1, 0.15) is 13.8 Å². The standard InChI is InChI=1S/C10H19NO/c1-7(2)10-8-5-11(3-4-12)6-9(8)10/h7-10,12H,3-6H2,1-2H3. The predicted octanol–water partition coefficient (Wildman–Crippen LogP) is 0.812. The fourth-order valence-corrected chi connectivity index (χ4v) is 2.97. The minimum Gasteiger partial charge on any atom is -0.395 e. The van der Waals surface area contributed by atoms with Crippen molar-refractivity contribution in [2.24, 2.45) is 23.7 Å². The average molecular weight is 169 g/mol. The minimum atomic E-state index is 0.325. The first kappa shape index (κ1) is 8.52. The quantitative estimate of drug-likeness (QED) is 0.676. The number of β-amino-alcohol motifs (C(OH)–C–C–N with tert-alkyl or cyclic N) is 1. The number of nitrogens with zero attached hydrogens (tertiary/aromatic N) is 1. The van der Waals surface area contributed by atoms with Crippen LogP contribution in [-0.4, -0.2) is 36.2 Å². The molecule has 1 aliphatic heterocycles. The Morgan fingerprint density at radius 3 is 2.33 bits per heavy atom. The Hall–Kier alpha value is -0.0800. The molecule has 1 saturated heterocycles. The number of rotatable bonds is 3. The number of aliphatic hydroxyl groups excluding tert-OH is 1. The fraction of sp³-hybridized carbons (Fsp3) is 1.00. The molecule has 2 rings (SSSR count). The molecule has 1 N–H and O–H groups in total. The van der Waals surface area contributed by atoms with E-state index in [-0.39, 0.29) is 0 Å². The smallest absolute Gasteiger partial charge is 0.0558 e. The maximum atomic E-state index is 8.76. The largest absolute Gasteiger partial charge is 0.395 e. The van der Waals surface area contributed by atoms with Crippen molar-refractivity contribution in [3.8, 4) is 0 Å². The van der Waals surface area contributed by atoms with Crippen LogP contribution in [0.25, 0.3) is 0 Å². The zero-order valence-corrected chi connectivity index (χ0v) is 8.03. The van der Waals surface area contributed by atoms with Gasteiger partial charge in [0.1, 0.15) is 0 Å². The molecule has 0 aromatic carbocycles. The summed E-state index contributed by atoms with van der Waals surface area (Å²) >= 11 is 0. The van der Waals surface area contributed by atoms with E-state index in [9.17, 15) is 0 Å². The van der Waals surface area contributed by atoms with Crippen LogP contribution in [0.2, 0.25) is 0 Å². The number of hydrogen-bond donors (Lipinski definition) is 1. The maximum absolute atomic E-state index is 8.76. The minimum absolute atomic E-state index is 0.325. The summed E-state index contributed by atoms with van der Waals surface area (Å²) in [6.45, 7) is 8.37. The molecule has 2 nitrogen and oxygen atoms in total. The molecule has 2 fully saturated rings. The van der Waals surface area contributed by atoms with E-state index in [0.717, 1.165) is 30.2 Å². The van der Waals surface area contributed by atoms with Crippen molar-refractivity contribution in [2.75, 3.05) is 26.2 Å². The summed E-state index contributed by atoms with van der Waals surface area (Å²) < 4.78 is 0. The third kappa shape index (κ3) is 1.27. The summed E-state index contributed by atoms with van der Waals surface area (Å²) in [4.78, 5) is 2.40. The second-order valence-electron chi connectivity index (χ2n) is 4.63. The highest BCUT2D eigenvalue weighted by molar-refractivity contribution is 5.05. The molecular formula is C10H19NO. The maximum Gasteiger partial charge on any atom is 0.0558 e. The van der Waals surface area contributed by atoms with Gasteiger partial charge < -0.3 is 10.0 Å². The van der Waals surface area contributed by atoms with Gasteiger partial charge in [-0.05, 0) is 23.7 Å². The molecule has 2 atom stereocenters. The molecule has 2 aliphatic rings. The van der Waals surface area contributed by atoms with Gasteiger partial charge in [-0.3, -0.25) is 0 Å². The summed E-state index contributed by atoms with van der Waals surface area (Å²) in [6, 6.07) is 0. The zero-order valence-electron chi connectivity index (χ0n) is 8.03. The predicted molar refractivity (Wildman–Crippen MR) is 48.8 cm³/mol. The molecule has 2 unspecified atom stereocenters. The summed E-state index contributed by atoms with van der Waals surface area (Å²) in [5.41, 5.74) is 0. The molecule has 2 heteroatoms. The Bertz CT molecular complexity index is 157. The van der Waals surface area contributed by atoms with E-state index in [4.69, 9.17) is 5.11 Å². The molecule has 1 aliphatic carbocycles. The Morgan fingerprint density at radius 2 is 1.92 bits per heavy atom. The monoisotopic (exact) mass is 169 g/mol. The van der Waals surface area contributed by atoms with Crippen molar-refractivity contribution >= 4 is 0 Å². The Kier molecular flexibility index (Phi) is 2.13. The van der Waals surface area contributed by atoms with E-state index in [1.807, 2.05) is 0 Å². The molecule has 70 valence electrons. The SMILES string of the molecule is CC(C)C1C2CN(CCO)CC21. The van der Waals surface area contributed by atoms with E-state index < -0.39 is 0 Å². The fourth-order valence-electron chi connectivity index (χ4n) is 2.97. The molecule has 0 aromatic rings. The van der Waals surface area contributed by atoms with Crippen LogP contribution in [0.4, 0.5) is 0 Å². The molecule has 12 heavy (non-hydrogen) atoms. The van der Waals surface area contributed by atoms with Crippen LogP contribution in [0.5, 0.6) is 0 Å². The molecular weight excluding hydrogens is 150 g/mol. The zero-order chi connectivity index (χ0) is 8.72. The van der Waals surface area contributed by atoms with Crippen molar-refractivity contribution in [1.82, 2.24) is 4.90 Å². The number of likely N-dealkylation sites (tertiary alicyclic amines) is 1. The first-order chi connectivity index (χ1) is 5.74. The lowest BCUT2D eigenvalue weighted by Gasteiger charge is -2.18. The summed E-state index contributed by atoms with van der Waals surface area (Å²) in [7, 11) is 0. The first-order valence-corrected chi connectivity index (χ1v) is 5.07. The van der Waals surface area contributed by atoms with Crippen LogP contribution in [0.3, 0.4) is 0 Å². The lowest BCUT2D eigenvalue weighted by atomic mass is 10.1. The Labute approximate surface area is 74.6 Å². The highest BCUT2D eigenvalue weighted by atomic mass is 16.3. The normalized spacial score (nSPS) is 40.5. The van der Waals surface area contributed by atoms with Gasteiger partial charge in [-0.15, -0.1) is 0 Å². The van der Waals surface area contributed by atoms with Crippen molar-refractivity contribution < 1.29 is 5.11 Å².